The molecule has 5 nitrogen and oxygen atoms in total. The van der Waals surface area contributed by atoms with Crippen LogP contribution < -0.4 is 15.0 Å². The van der Waals surface area contributed by atoms with Crippen LogP contribution in [0.4, 0.5) is 5.69 Å². The highest BCUT2D eigenvalue weighted by Crippen LogP contribution is 2.19. The lowest BCUT2D eigenvalue weighted by Gasteiger charge is -2.29. The lowest BCUT2D eigenvalue weighted by molar-refractivity contribution is 0.222. The molecule has 0 aliphatic carbocycles. The predicted octanol–water partition coefficient (Wildman–Crippen LogP) is 1.21. The van der Waals surface area contributed by atoms with Gasteiger partial charge in [0.25, 0.3) is 0 Å². The van der Waals surface area contributed by atoms with Crippen LogP contribution in [0.1, 0.15) is 13.8 Å². The van der Waals surface area contributed by atoms with Crippen molar-refractivity contribution in [1.29, 1.82) is 0 Å². The topological polar surface area (TPSA) is 40.6 Å². The van der Waals surface area contributed by atoms with E-state index < -0.39 is 0 Å². The molecule has 0 saturated carbocycles. The molecule has 1 fully saturated rings. The molecule has 20 heavy (non-hydrogen) atoms. The monoisotopic (exact) mass is 278 g/mol. The molecule has 1 aliphatic heterocycles. The third kappa shape index (κ3) is 4.35. The minimum Gasteiger partial charge on any atom is -0.491 e. The summed E-state index contributed by atoms with van der Waals surface area (Å²) in [6, 6.07) is 2.10. The normalized spacial score (nSPS) is 15.7. The molecule has 1 aliphatic rings. The number of rotatable bonds is 7. The number of hydrogen-bond acceptors (Lipinski definition) is 5. The highest BCUT2D eigenvalue weighted by molar-refractivity contribution is 5.48. The van der Waals surface area contributed by atoms with Crippen LogP contribution in [0.2, 0.25) is 0 Å². The maximum absolute atomic E-state index is 5.83. The van der Waals surface area contributed by atoms with Crippen LogP contribution in [0.3, 0.4) is 0 Å². The van der Waals surface area contributed by atoms with Gasteiger partial charge in [0.1, 0.15) is 12.4 Å². The van der Waals surface area contributed by atoms with Crippen LogP contribution in [0.25, 0.3) is 0 Å². The summed E-state index contributed by atoms with van der Waals surface area (Å²) in [5, 5.41) is 3.36. The first-order chi connectivity index (χ1) is 9.83. The lowest BCUT2D eigenvalue weighted by atomic mass is 10.3. The molecule has 0 atom stereocenters. The summed E-state index contributed by atoms with van der Waals surface area (Å²) >= 11 is 0. The van der Waals surface area contributed by atoms with Crippen molar-refractivity contribution in [3.05, 3.63) is 18.5 Å². The first kappa shape index (κ1) is 15.1. The van der Waals surface area contributed by atoms with Crippen molar-refractivity contribution in [2.75, 3.05) is 57.3 Å². The Bertz CT molecular complexity index is 389. The minimum absolute atomic E-state index is 0.717. The molecule has 112 valence electrons. The van der Waals surface area contributed by atoms with Crippen molar-refractivity contribution in [3.63, 3.8) is 0 Å². The van der Waals surface area contributed by atoms with Crippen LogP contribution in [0, 0.1) is 0 Å². The second kappa shape index (κ2) is 8.07. The fourth-order valence-corrected chi connectivity index (χ4v) is 2.41. The molecule has 0 unspecified atom stereocenters. The van der Waals surface area contributed by atoms with Crippen LogP contribution in [0.5, 0.6) is 5.75 Å². The fourth-order valence-electron chi connectivity index (χ4n) is 2.41. The number of hydrogen-bond donors (Lipinski definition) is 1. The summed E-state index contributed by atoms with van der Waals surface area (Å²) in [4.78, 5) is 9.00. The third-order valence-corrected chi connectivity index (χ3v) is 3.75. The maximum atomic E-state index is 5.83. The Morgan fingerprint density at radius 2 is 2.00 bits per heavy atom. The number of nitrogens with one attached hydrogen (secondary N) is 1. The van der Waals surface area contributed by atoms with E-state index in [0.717, 1.165) is 57.3 Å². The molecule has 1 saturated heterocycles. The predicted molar refractivity (Wildman–Crippen MR) is 82.6 cm³/mol. The summed E-state index contributed by atoms with van der Waals surface area (Å²) in [7, 11) is 0. The van der Waals surface area contributed by atoms with E-state index in [0.29, 0.717) is 6.61 Å². The number of pyridine rings is 1. The van der Waals surface area contributed by atoms with E-state index in [9.17, 15) is 0 Å². The number of likely N-dealkylation sites (N-methyl/N-ethyl adjacent to an activating group) is 1. The summed E-state index contributed by atoms with van der Waals surface area (Å²) in [6.45, 7) is 12.3. The third-order valence-electron chi connectivity index (χ3n) is 3.75. The van der Waals surface area contributed by atoms with Crippen molar-refractivity contribution in [2.45, 2.75) is 13.8 Å². The standard InChI is InChI=1S/C15H26N4O/c1-3-18(4-2)9-10-20-15-11-14(12-17-13-15)19-7-5-16-6-8-19/h11-13,16H,3-10H2,1-2H3. The van der Waals surface area contributed by atoms with Crippen molar-refractivity contribution in [2.24, 2.45) is 0 Å². The zero-order valence-electron chi connectivity index (χ0n) is 12.6. The Balaban J connectivity index is 1.85. The zero-order chi connectivity index (χ0) is 14.2. The second-order valence-electron chi connectivity index (χ2n) is 4.99. The van der Waals surface area contributed by atoms with E-state index in [4.69, 9.17) is 4.74 Å². The molecule has 0 amide bonds. The van der Waals surface area contributed by atoms with E-state index in [1.807, 2.05) is 6.20 Å². The first-order valence-corrected chi connectivity index (χ1v) is 7.59. The second-order valence-corrected chi connectivity index (χ2v) is 4.99. The van der Waals surface area contributed by atoms with Crippen LogP contribution in [-0.4, -0.2) is 62.3 Å². The number of ether oxygens (including phenoxy) is 1. The van der Waals surface area contributed by atoms with E-state index in [-0.39, 0.29) is 0 Å². The Morgan fingerprint density at radius 1 is 1.25 bits per heavy atom. The summed E-state index contributed by atoms with van der Waals surface area (Å²) in [5.41, 5.74) is 1.16. The van der Waals surface area contributed by atoms with Crippen molar-refractivity contribution < 1.29 is 4.74 Å². The van der Waals surface area contributed by atoms with Gasteiger partial charge in [-0.25, -0.2) is 0 Å². The van der Waals surface area contributed by atoms with Crippen LogP contribution in [-0.2, 0) is 0 Å². The lowest BCUT2D eigenvalue weighted by Crippen LogP contribution is -2.43. The molecule has 2 heterocycles. The highest BCUT2D eigenvalue weighted by Gasteiger charge is 2.11. The quantitative estimate of drug-likeness (QED) is 0.812. The first-order valence-electron chi connectivity index (χ1n) is 7.59. The largest absolute Gasteiger partial charge is 0.491 e. The fraction of sp³-hybridized carbons (Fsp3) is 0.667. The van der Waals surface area contributed by atoms with E-state index in [2.05, 4.69) is 40.0 Å². The van der Waals surface area contributed by atoms with Gasteiger partial charge < -0.3 is 19.9 Å². The van der Waals surface area contributed by atoms with Crippen LogP contribution in [0.15, 0.2) is 18.5 Å². The van der Waals surface area contributed by atoms with E-state index in [1.54, 1.807) is 6.20 Å². The molecule has 0 aromatic carbocycles. The molecule has 1 aromatic rings. The van der Waals surface area contributed by atoms with E-state index in [1.165, 1.54) is 0 Å². The highest BCUT2D eigenvalue weighted by atomic mass is 16.5. The Labute approximate surface area is 121 Å². The molecule has 2 rings (SSSR count). The van der Waals surface area contributed by atoms with Gasteiger partial charge in [0.2, 0.25) is 0 Å². The minimum atomic E-state index is 0.717. The molecule has 1 N–H and O–H groups in total. The maximum Gasteiger partial charge on any atom is 0.139 e. The summed E-state index contributed by atoms with van der Waals surface area (Å²) in [6.07, 6.45) is 3.72. The Kier molecular flexibility index (Phi) is 6.08. The molecule has 0 radical (unpaired) electrons. The van der Waals surface area contributed by atoms with Crippen molar-refractivity contribution >= 4 is 5.69 Å². The molecular formula is C15H26N4O. The van der Waals surface area contributed by atoms with Gasteiger partial charge in [0.15, 0.2) is 0 Å². The number of nitrogens with zero attached hydrogens (tertiary/aromatic N) is 3. The van der Waals surface area contributed by atoms with E-state index >= 15 is 0 Å². The molecule has 0 bridgehead atoms. The van der Waals surface area contributed by atoms with Gasteiger partial charge in [-0.05, 0) is 13.1 Å². The van der Waals surface area contributed by atoms with Gasteiger partial charge in [-0.3, -0.25) is 4.98 Å². The van der Waals surface area contributed by atoms with Crippen LogP contribution >= 0.6 is 0 Å². The Hall–Kier alpha value is -1.33. The van der Waals surface area contributed by atoms with Gasteiger partial charge in [-0.15, -0.1) is 0 Å². The van der Waals surface area contributed by atoms with Crippen molar-refractivity contribution in [3.8, 4) is 5.75 Å². The number of piperazine rings is 1. The SMILES string of the molecule is CCN(CC)CCOc1cncc(N2CCNCC2)c1. The van der Waals surface area contributed by atoms with Crippen molar-refractivity contribution in [1.82, 2.24) is 15.2 Å². The molecular weight excluding hydrogens is 252 g/mol. The smallest absolute Gasteiger partial charge is 0.139 e. The Morgan fingerprint density at radius 3 is 2.70 bits per heavy atom. The molecule has 1 aromatic heterocycles. The molecule has 5 heteroatoms. The summed E-state index contributed by atoms with van der Waals surface area (Å²) < 4.78 is 5.83. The summed E-state index contributed by atoms with van der Waals surface area (Å²) in [5.74, 6) is 0.869. The van der Waals surface area contributed by atoms with Gasteiger partial charge in [-0.1, -0.05) is 13.8 Å². The zero-order valence-corrected chi connectivity index (χ0v) is 12.6. The van der Waals surface area contributed by atoms with Gasteiger partial charge in [0, 0.05) is 38.8 Å². The average Bonchev–Trinajstić information content (AvgIpc) is 2.53. The number of aromatic nitrogens is 1. The number of anilines is 1. The average molecular weight is 278 g/mol. The van der Waals surface area contributed by atoms with Gasteiger partial charge >= 0.3 is 0 Å². The van der Waals surface area contributed by atoms with Gasteiger partial charge in [-0.2, -0.15) is 0 Å². The molecule has 0 spiro atoms. The van der Waals surface area contributed by atoms with Gasteiger partial charge in [0.05, 0.1) is 18.1 Å².